The van der Waals surface area contributed by atoms with E-state index in [0.29, 0.717) is 19.5 Å². The maximum atomic E-state index is 11.9. The standard InChI is InChI=1S/C17H20N2O3/c1-13(14-6-3-2-4-7-14)12-16(20)18-9-10-19-17(21)15-8-5-11-22-15/h2-8,11,13H,9-10,12H2,1H3,(H,18,20)(H,19,21). The molecule has 0 radical (unpaired) electrons. The zero-order chi connectivity index (χ0) is 15.8. The molecule has 1 heterocycles. The van der Waals surface area contributed by atoms with E-state index in [-0.39, 0.29) is 23.5 Å². The lowest BCUT2D eigenvalue weighted by atomic mass is 9.98. The first kappa shape index (κ1) is 15.8. The minimum Gasteiger partial charge on any atom is -0.459 e. The third-order valence-corrected chi connectivity index (χ3v) is 3.34. The Morgan fingerprint density at radius 2 is 1.77 bits per heavy atom. The molecule has 0 saturated carbocycles. The fraction of sp³-hybridized carbons (Fsp3) is 0.294. The van der Waals surface area contributed by atoms with Gasteiger partial charge >= 0.3 is 0 Å². The average molecular weight is 300 g/mol. The maximum absolute atomic E-state index is 11.9. The molecule has 0 aliphatic carbocycles. The van der Waals surface area contributed by atoms with Crippen molar-refractivity contribution < 1.29 is 14.0 Å². The van der Waals surface area contributed by atoms with Crippen LogP contribution in [0.1, 0.15) is 35.4 Å². The highest BCUT2D eigenvalue weighted by atomic mass is 16.3. The van der Waals surface area contributed by atoms with Crippen LogP contribution in [0.5, 0.6) is 0 Å². The molecule has 2 N–H and O–H groups in total. The summed E-state index contributed by atoms with van der Waals surface area (Å²) in [5.41, 5.74) is 1.14. The molecule has 0 aliphatic rings. The first-order valence-corrected chi connectivity index (χ1v) is 7.30. The lowest BCUT2D eigenvalue weighted by molar-refractivity contribution is -0.121. The second-order valence-electron chi connectivity index (χ2n) is 5.10. The molecule has 116 valence electrons. The van der Waals surface area contributed by atoms with Crippen LogP contribution in [0.15, 0.2) is 53.1 Å². The highest BCUT2D eigenvalue weighted by molar-refractivity contribution is 5.91. The Labute approximate surface area is 129 Å². The molecule has 1 aromatic carbocycles. The topological polar surface area (TPSA) is 71.3 Å². The Balaban J connectivity index is 1.65. The van der Waals surface area contributed by atoms with Gasteiger partial charge in [0.15, 0.2) is 5.76 Å². The number of furan rings is 1. The second-order valence-corrected chi connectivity index (χ2v) is 5.10. The van der Waals surface area contributed by atoms with Gasteiger partial charge in [-0.05, 0) is 23.6 Å². The molecule has 0 bridgehead atoms. The van der Waals surface area contributed by atoms with Crippen LogP contribution in [-0.2, 0) is 4.79 Å². The van der Waals surface area contributed by atoms with Crippen LogP contribution in [-0.4, -0.2) is 24.9 Å². The summed E-state index contributed by atoms with van der Waals surface area (Å²) < 4.78 is 4.98. The van der Waals surface area contributed by atoms with Crippen molar-refractivity contribution >= 4 is 11.8 Å². The van der Waals surface area contributed by atoms with Gasteiger partial charge in [0.1, 0.15) is 0 Å². The molecule has 0 saturated heterocycles. The number of rotatable bonds is 7. The summed E-state index contributed by atoms with van der Waals surface area (Å²) in [5, 5.41) is 5.48. The summed E-state index contributed by atoms with van der Waals surface area (Å²) >= 11 is 0. The van der Waals surface area contributed by atoms with Gasteiger partial charge in [0, 0.05) is 19.5 Å². The summed E-state index contributed by atoms with van der Waals surface area (Å²) in [6.45, 7) is 2.78. The van der Waals surface area contributed by atoms with Crippen molar-refractivity contribution in [3.63, 3.8) is 0 Å². The fourth-order valence-electron chi connectivity index (χ4n) is 2.12. The van der Waals surface area contributed by atoms with E-state index in [0.717, 1.165) is 5.56 Å². The zero-order valence-corrected chi connectivity index (χ0v) is 12.5. The Hall–Kier alpha value is -2.56. The quantitative estimate of drug-likeness (QED) is 0.771. The SMILES string of the molecule is CC(CC(=O)NCCNC(=O)c1ccco1)c1ccccc1. The first-order valence-electron chi connectivity index (χ1n) is 7.30. The van der Waals surface area contributed by atoms with Crippen molar-refractivity contribution in [2.24, 2.45) is 0 Å². The van der Waals surface area contributed by atoms with Crippen LogP contribution >= 0.6 is 0 Å². The number of carbonyl (C=O) groups excluding carboxylic acids is 2. The highest BCUT2D eigenvalue weighted by Gasteiger charge is 2.11. The predicted octanol–water partition coefficient (Wildman–Crippen LogP) is 2.32. The van der Waals surface area contributed by atoms with Crippen LogP contribution in [0.3, 0.4) is 0 Å². The van der Waals surface area contributed by atoms with Crippen molar-refractivity contribution in [1.82, 2.24) is 10.6 Å². The van der Waals surface area contributed by atoms with Gasteiger partial charge in [0.2, 0.25) is 5.91 Å². The highest BCUT2D eigenvalue weighted by Crippen LogP contribution is 2.17. The van der Waals surface area contributed by atoms with E-state index in [1.165, 1.54) is 6.26 Å². The summed E-state index contributed by atoms with van der Waals surface area (Å²) in [6, 6.07) is 13.2. The maximum Gasteiger partial charge on any atom is 0.287 e. The van der Waals surface area contributed by atoms with Gasteiger partial charge in [0.05, 0.1) is 6.26 Å². The molecule has 1 atom stereocenters. The monoisotopic (exact) mass is 300 g/mol. The summed E-state index contributed by atoms with van der Waals surface area (Å²) in [7, 11) is 0. The van der Waals surface area contributed by atoms with Crippen molar-refractivity contribution in [3.8, 4) is 0 Å². The normalized spacial score (nSPS) is 11.7. The van der Waals surface area contributed by atoms with Gasteiger partial charge in [-0.3, -0.25) is 9.59 Å². The molecular formula is C17H20N2O3. The van der Waals surface area contributed by atoms with E-state index in [4.69, 9.17) is 4.42 Å². The van der Waals surface area contributed by atoms with Crippen molar-refractivity contribution in [3.05, 3.63) is 60.1 Å². The summed E-state index contributed by atoms with van der Waals surface area (Å²) in [6.07, 6.45) is 1.87. The molecule has 1 aromatic heterocycles. The molecule has 0 aliphatic heterocycles. The largest absolute Gasteiger partial charge is 0.459 e. The number of hydrogen-bond acceptors (Lipinski definition) is 3. The molecular weight excluding hydrogens is 280 g/mol. The third kappa shape index (κ3) is 4.77. The Bertz CT molecular complexity index is 594. The summed E-state index contributed by atoms with van der Waals surface area (Å²) in [5.74, 6) is 0.128. The molecule has 22 heavy (non-hydrogen) atoms. The molecule has 1 unspecified atom stereocenters. The van der Waals surface area contributed by atoms with Crippen LogP contribution in [0.25, 0.3) is 0 Å². The molecule has 0 spiro atoms. The Kier molecular flexibility index (Phi) is 5.77. The lowest BCUT2D eigenvalue weighted by Crippen LogP contribution is -2.34. The van der Waals surface area contributed by atoms with E-state index in [1.54, 1.807) is 12.1 Å². The molecule has 0 fully saturated rings. The van der Waals surface area contributed by atoms with Gasteiger partial charge in [0.25, 0.3) is 5.91 Å². The van der Waals surface area contributed by atoms with E-state index >= 15 is 0 Å². The van der Waals surface area contributed by atoms with E-state index in [1.807, 2.05) is 37.3 Å². The van der Waals surface area contributed by atoms with Gasteiger partial charge in [-0.1, -0.05) is 37.3 Å². The average Bonchev–Trinajstić information content (AvgIpc) is 3.06. The van der Waals surface area contributed by atoms with Gasteiger partial charge in [-0.25, -0.2) is 0 Å². The summed E-state index contributed by atoms with van der Waals surface area (Å²) in [4.78, 5) is 23.5. The van der Waals surface area contributed by atoms with E-state index < -0.39 is 0 Å². The molecule has 5 heteroatoms. The molecule has 2 aromatic rings. The molecule has 5 nitrogen and oxygen atoms in total. The van der Waals surface area contributed by atoms with Gasteiger partial charge in [-0.15, -0.1) is 0 Å². The van der Waals surface area contributed by atoms with Crippen LogP contribution in [0, 0.1) is 0 Å². The number of carbonyl (C=O) groups is 2. The van der Waals surface area contributed by atoms with Crippen LogP contribution < -0.4 is 10.6 Å². The van der Waals surface area contributed by atoms with E-state index in [2.05, 4.69) is 10.6 Å². The minimum atomic E-state index is -0.281. The van der Waals surface area contributed by atoms with Crippen LogP contribution in [0.4, 0.5) is 0 Å². The fourth-order valence-corrected chi connectivity index (χ4v) is 2.12. The van der Waals surface area contributed by atoms with Crippen molar-refractivity contribution in [2.75, 3.05) is 13.1 Å². The van der Waals surface area contributed by atoms with E-state index in [9.17, 15) is 9.59 Å². The number of nitrogens with one attached hydrogen (secondary N) is 2. The first-order chi connectivity index (χ1) is 10.7. The Morgan fingerprint density at radius 3 is 2.45 bits per heavy atom. The van der Waals surface area contributed by atoms with Crippen molar-refractivity contribution in [1.29, 1.82) is 0 Å². The number of amides is 2. The number of hydrogen-bond donors (Lipinski definition) is 2. The van der Waals surface area contributed by atoms with Gasteiger partial charge in [-0.2, -0.15) is 0 Å². The third-order valence-electron chi connectivity index (χ3n) is 3.34. The van der Waals surface area contributed by atoms with Crippen LogP contribution in [0.2, 0.25) is 0 Å². The second kappa shape index (κ2) is 8.02. The smallest absolute Gasteiger partial charge is 0.287 e. The van der Waals surface area contributed by atoms with Crippen molar-refractivity contribution in [2.45, 2.75) is 19.3 Å². The molecule has 2 rings (SSSR count). The predicted molar refractivity (Wildman–Crippen MR) is 83.5 cm³/mol. The minimum absolute atomic E-state index is 0.0244. The zero-order valence-electron chi connectivity index (χ0n) is 12.5. The Morgan fingerprint density at radius 1 is 1.05 bits per heavy atom. The number of benzene rings is 1. The lowest BCUT2D eigenvalue weighted by Gasteiger charge is -2.12. The molecule has 2 amide bonds. The van der Waals surface area contributed by atoms with Gasteiger partial charge < -0.3 is 15.1 Å².